The largest absolute Gasteiger partial charge is 0.459 e. The first-order valence-electron chi connectivity index (χ1n) is 19.8. The first-order valence-corrected chi connectivity index (χ1v) is 19.8. The van der Waals surface area contributed by atoms with Crippen molar-refractivity contribution in [3.05, 3.63) is 213 Å². The second-order valence-electron chi connectivity index (χ2n) is 14.1. The maximum Gasteiger partial charge on any atom is 0.338 e. The lowest BCUT2D eigenvalue weighted by molar-refractivity contribution is -0.0635. The Morgan fingerprint density at radius 3 is 1.49 bits per heavy atom. The van der Waals surface area contributed by atoms with Gasteiger partial charge in [-0.2, -0.15) is 0 Å². The molecule has 0 spiro atoms. The fourth-order valence-corrected chi connectivity index (χ4v) is 6.62. The van der Waals surface area contributed by atoms with E-state index in [-0.39, 0.29) is 28.1 Å². The summed E-state index contributed by atoms with van der Waals surface area (Å²) >= 11 is 0. The molecule has 0 bridgehead atoms. The van der Waals surface area contributed by atoms with E-state index in [9.17, 15) is 33.6 Å². The van der Waals surface area contributed by atoms with Gasteiger partial charge < -0.3 is 35.4 Å². The Balaban J connectivity index is 0.000000330. The van der Waals surface area contributed by atoms with Gasteiger partial charge in [-0.25, -0.2) is 24.4 Å². The van der Waals surface area contributed by atoms with E-state index < -0.39 is 77.7 Å². The summed E-state index contributed by atoms with van der Waals surface area (Å²) in [6.45, 7) is -0.468. The molecule has 5 N–H and O–H groups in total. The highest BCUT2D eigenvalue weighted by Crippen LogP contribution is 2.35. The molecule has 1 unspecified atom stereocenters. The standard InChI is InChI=1S/C37H29N3O9.C11H9N3O2/c38-32(41)29-33(42)40(21-27(39-29)23-13-5-1-6-14-23)34-31(49-37(45)26-19-11-4-12-20-26)30(48-36(44)25-17-9-3-10-18-25)28(47-34)22-46-35(43)24-15-7-2-8-16-24;12-10(15)9-11(16)13-6-8(14-9)7-4-2-1-3-5-7/h1-21,28,30-31,34H,22H2,(H2,38,41);1-6H,(H2,12,15)(H,13,16)/t28-,30-,31?,34-;/m1./s1. The van der Waals surface area contributed by atoms with Crippen LogP contribution in [0.3, 0.4) is 0 Å². The fourth-order valence-electron chi connectivity index (χ4n) is 6.62. The molecule has 17 nitrogen and oxygen atoms in total. The maximum atomic E-state index is 13.8. The molecule has 2 amide bonds. The van der Waals surface area contributed by atoms with Crippen molar-refractivity contribution in [1.29, 1.82) is 0 Å². The van der Waals surface area contributed by atoms with Crippen LogP contribution in [0.4, 0.5) is 0 Å². The molecular weight excluding hydrogens is 837 g/mol. The van der Waals surface area contributed by atoms with Crippen LogP contribution in [-0.2, 0) is 18.9 Å². The van der Waals surface area contributed by atoms with Gasteiger partial charge in [0.05, 0.1) is 28.1 Å². The minimum absolute atomic E-state index is 0.165. The quantitative estimate of drug-likeness (QED) is 0.111. The average molecular weight is 875 g/mol. The van der Waals surface area contributed by atoms with E-state index in [0.29, 0.717) is 11.3 Å². The molecule has 0 aliphatic carbocycles. The van der Waals surface area contributed by atoms with E-state index in [1.165, 1.54) is 36.7 Å². The molecule has 2 aromatic heterocycles. The number of amides is 2. The molecule has 3 heterocycles. The Kier molecular flexibility index (Phi) is 13.9. The van der Waals surface area contributed by atoms with Gasteiger partial charge in [0.25, 0.3) is 22.9 Å². The van der Waals surface area contributed by atoms with Gasteiger partial charge in [0.1, 0.15) is 12.7 Å². The van der Waals surface area contributed by atoms with E-state index in [1.54, 1.807) is 97.1 Å². The topological polar surface area (TPSA) is 255 Å². The number of carbonyl (C=O) groups is 5. The SMILES string of the molecule is NC(=O)c1nc(-c2ccccc2)c[nH]c1=O.NC(=O)c1nc(-c2ccccc2)cn([C@@H]2O[C@H](COC(=O)c3ccccc3)[C@@H](OC(=O)c3ccccc3)C2OC(=O)c2ccccc2)c1=O. The number of nitrogens with one attached hydrogen (secondary N) is 1. The summed E-state index contributed by atoms with van der Waals surface area (Å²) in [4.78, 5) is 98.8. The molecule has 5 aromatic carbocycles. The number of hydrogen-bond acceptors (Lipinski definition) is 13. The second kappa shape index (κ2) is 20.4. The predicted molar refractivity (Wildman–Crippen MR) is 233 cm³/mol. The van der Waals surface area contributed by atoms with Crippen molar-refractivity contribution < 1.29 is 42.9 Å². The number of esters is 3. The molecule has 1 fully saturated rings. The molecule has 1 aliphatic heterocycles. The predicted octanol–water partition coefficient (Wildman–Crippen LogP) is 4.75. The van der Waals surface area contributed by atoms with Gasteiger partial charge in [0, 0.05) is 23.5 Å². The number of carbonyl (C=O) groups excluding carboxylic acids is 5. The van der Waals surface area contributed by atoms with Crippen LogP contribution < -0.4 is 22.6 Å². The Labute approximate surface area is 369 Å². The maximum absolute atomic E-state index is 13.8. The summed E-state index contributed by atoms with van der Waals surface area (Å²) in [7, 11) is 0. The number of H-pyrrole nitrogens is 1. The fraction of sp³-hybridized carbons (Fsp3) is 0.104. The van der Waals surface area contributed by atoms with Crippen molar-refractivity contribution in [2.75, 3.05) is 6.61 Å². The Morgan fingerprint density at radius 1 is 0.569 bits per heavy atom. The summed E-state index contributed by atoms with van der Waals surface area (Å²) in [5.74, 6) is -4.24. The van der Waals surface area contributed by atoms with Crippen molar-refractivity contribution in [1.82, 2.24) is 19.5 Å². The van der Waals surface area contributed by atoms with Gasteiger partial charge in [-0.05, 0) is 36.4 Å². The highest BCUT2D eigenvalue weighted by atomic mass is 16.7. The number of nitrogens with two attached hydrogens (primary N) is 2. The average Bonchev–Trinajstić information content (AvgIpc) is 3.67. The third kappa shape index (κ3) is 10.6. The lowest BCUT2D eigenvalue weighted by Crippen LogP contribution is -2.43. The van der Waals surface area contributed by atoms with Crippen LogP contribution in [0.25, 0.3) is 22.5 Å². The summed E-state index contributed by atoms with van der Waals surface area (Å²) < 4.78 is 24.8. The highest BCUT2D eigenvalue weighted by Gasteiger charge is 2.52. The van der Waals surface area contributed by atoms with E-state index in [0.717, 1.165) is 10.1 Å². The molecular formula is C48H38N6O11. The molecule has 65 heavy (non-hydrogen) atoms. The minimum Gasteiger partial charge on any atom is -0.459 e. The van der Waals surface area contributed by atoms with E-state index in [1.807, 2.05) is 30.3 Å². The first-order chi connectivity index (χ1) is 31.5. The van der Waals surface area contributed by atoms with Gasteiger partial charge in [-0.15, -0.1) is 0 Å². The van der Waals surface area contributed by atoms with Gasteiger partial charge in [0.15, 0.2) is 29.8 Å². The zero-order valence-corrected chi connectivity index (χ0v) is 34.1. The van der Waals surface area contributed by atoms with Gasteiger partial charge in [0.2, 0.25) is 0 Å². The Hall–Kier alpha value is -8.83. The number of hydrogen-bond donors (Lipinski definition) is 3. The second-order valence-corrected chi connectivity index (χ2v) is 14.1. The van der Waals surface area contributed by atoms with Crippen LogP contribution in [0.1, 0.15) is 58.3 Å². The minimum atomic E-state index is -1.50. The highest BCUT2D eigenvalue weighted by molar-refractivity contribution is 5.92. The van der Waals surface area contributed by atoms with Crippen LogP contribution in [0, 0.1) is 0 Å². The molecule has 17 heteroatoms. The van der Waals surface area contributed by atoms with Gasteiger partial charge in [-0.3, -0.25) is 23.7 Å². The smallest absolute Gasteiger partial charge is 0.338 e. The van der Waals surface area contributed by atoms with Crippen LogP contribution in [-0.4, -0.2) is 74.2 Å². The van der Waals surface area contributed by atoms with Gasteiger partial charge in [-0.1, -0.05) is 115 Å². The van der Waals surface area contributed by atoms with Crippen LogP contribution >= 0.6 is 0 Å². The Bertz CT molecular complexity index is 2930. The molecule has 4 atom stereocenters. The number of primary amides is 2. The van der Waals surface area contributed by atoms with Crippen LogP contribution in [0.2, 0.25) is 0 Å². The van der Waals surface area contributed by atoms with Crippen molar-refractivity contribution >= 4 is 29.7 Å². The number of rotatable bonds is 12. The van der Waals surface area contributed by atoms with Crippen LogP contribution in [0.15, 0.2) is 174 Å². The monoisotopic (exact) mass is 874 g/mol. The third-order valence-electron chi connectivity index (χ3n) is 9.78. The molecule has 1 aliphatic rings. The third-order valence-corrected chi connectivity index (χ3v) is 9.78. The summed E-state index contributed by atoms with van der Waals surface area (Å²) in [6.07, 6.45) is -2.89. The van der Waals surface area contributed by atoms with Gasteiger partial charge >= 0.3 is 17.9 Å². The lowest BCUT2D eigenvalue weighted by atomic mass is 10.1. The van der Waals surface area contributed by atoms with E-state index >= 15 is 0 Å². The summed E-state index contributed by atoms with van der Waals surface area (Å²) in [6, 6.07) is 42.2. The van der Waals surface area contributed by atoms with Crippen LogP contribution in [0.5, 0.6) is 0 Å². The summed E-state index contributed by atoms with van der Waals surface area (Å²) in [5, 5.41) is 0. The molecule has 0 radical (unpaired) electrons. The van der Waals surface area contributed by atoms with E-state index in [4.69, 9.17) is 30.4 Å². The summed E-state index contributed by atoms with van der Waals surface area (Å²) in [5.41, 5.74) is 10.8. The van der Waals surface area contributed by atoms with E-state index in [2.05, 4.69) is 15.0 Å². The number of benzene rings is 5. The number of aromatic nitrogens is 4. The molecule has 0 saturated carbocycles. The van der Waals surface area contributed by atoms with Crippen molar-refractivity contribution in [3.63, 3.8) is 0 Å². The zero-order chi connectivity index (χ0) is 45.9. The molecule has 1 saturated heterocycles. The number of nitrogens with zero attached hydrogens (tertiary/aromatic N) is 3. The molecule has 326 valence electrons. The van der Waals surface area contributed by atoms with Crippen molar-refractivity contribution in [2.24, 2.45) is 11.5 Å². The lowest BCUT2D eigenvalue weighted by Gasteiger charge is -2.25. The number of aromatic amines is 1. The number of ether oxygens (including phenoxy) is 4. The van der Waals surface area contributed by atoms with Crippen molar-refractivity contribution in [3.8, 4) is 22.5 Å². The molecule has 8 rings (SSSR count). The zero-order valence-electron chi connectivity index (χ0n) is 34.1. The van der Waals surface area contributed by atoms with Crippen molar-refractivity contribution in [2.45, 2.75) is 24.5 Å². The molecule has 7 aromatic rings. The normalized spacial score (nSPS) is 16.2. The first kappa shape index (κ1) is 44.2. The Morgan fingerprint density at radius 2 is 1.00 bits per heavy atom.